The Morgan fingerprint density at radius 1 is 1.18 bits per heavy atom. The van der Waals surface area contributed by atoms with Crippen molar-refractivity contribution in [3.05, 3.63) is 64.4 Å². The maximum absolute atomic E-state index is 6.40. The van der Waals surface area contributed by atoms with Crippen molar-refractivity contribution in [3.63, 3.8) is 0 Å². The number of nitrogens with zero attached hydrogens (tertiary/aromatic N) is 1. The van der Waals surface area contributed by atoms with Crippen molar-refractivity contribution in [2.75, 3.05) is 0 Å². The Morgan fingerprint density at radius 3 is 2.59 bits per heavy atom. The third-order valence-corrected chi connectivity index (χ3v) is 3.13. The smallest absolute Gasteiger partial charge is 0.0652 e. The first-order chi connectivity index (χ1) is 8.00. The van der Waals surface area contributed by atoms with Crippen LogP contribution in [0.5, 0.6) is 0 Å². The minimum Gasteiger partial charge on any atom is -0.318 e. The molecule has 0 aliphatic carbocycles. The summed E-state index contributed by atoms with van der Waals surface area (Å²) in [6.45, 7) is 3.97. The van der Waals surface area contributed by atoms with Gasteiger partial charge in [-0.3, -0.25) is 4.98 Å². The van der Waals surface area contributed by atoms with Gasteiger partial charge in [0.05, 0.1) is 5.54 Å². The summed E-state index contributed by atoms with van der Waals surface area (Å²) in [5, 5.41) is 0.694. The van der Waals surface area contributed by atoms with Crippen molar-refractivity contribution in [1.82, 2.24) is 4.98 Å². The van der Waals surface area contributed by atoms with Crippen LogP contribution in [0.2, 0.25) is 5.02 Å². The zero-order valence-electron chi connectivity index (χ0n) is 9.94. The van der Waals surface area contributed by atoms with Crippen LogP contribution in [0.1, 0.15) is 23.6 Å². The third-order valence-electron chi connectivity index (χ3n) is 2.90. The molecule has 88 valence electrons. The highest BCUT2D eigenvalue weighted by Gasteiger charge is 2.24. The van der Waals surface area contributed by atoms with Gasteiger partial charge in [0, 0.05) is 17.4 Å². The van der Waals surface area contributed by atoms with Gasteiger partial charge in [0.1, 0.15) is 0 Å². The SMILES string of the molecule is Cc1cncc(C(C)(N)c2cccc(Cl)c2)c1. The summed E-state index contributed by atoms with van der Waals surface area (Å²) < 4.78 is 0. The monoisotopic (exact) mass is 246 g/mol. The first-order valence-corrected chi connectivity index (χ1v) is 5.85. The van der Waals surface area contributed by atoms with Gasteiger partial charge in [-0.25, -0.2) is 0 Å². The van der Waals surface area contributed by atoms with Crippen LogP contribution in [0, 0.1) is 6.92 Å². The molecule has 3 heteroatoms. The highest BCUT2D eigenvalue weighted by Crippen LogP contribution is 2.28. The number of aryl methyl sites for hydroxylation is 1. The molecular formula is C14H15ClN2. The van der Waals surface area contributed by atoms with Crippen LogP contribution in [0.25, 0.3) is 0 Å². The Hall–Kier alpha value is -1.38. The van der Waals surface area contributed by atoms with Crippen LogP contribution < -0.4 is 5.73 Å². The molecule has 0 radical (unpaired) electrons. The van der Waals surface area contributed by atoms with E-state index in [1.54, 1.807) is 6.20 Å². The molecule has 2 aromatic rings. The van der Waals surface area contributed by atoms with E-state index in [9.17, 15) is 0 Å². The minimum absolute atomic E-state index is 0.579. The van der Waals surface area contributed by atoms with E-state index in [1.807, 2.05) is 50.4 Å². The lowest BCUT2D eigenvalue weighted by Crippen LogP contribution is -2.34. The first kappa shape index (κ1) is 12.1. The normalized spacial score (nSPS) is 14.4. The van der Waals surface area contributed by atoms with E-state index < -0.39 is 5.54 Å². The average Bonchev–Trinajstić information content (AvgIpc) is 2.29. The molecule has 0 saturated carbocycles. The van der Waals surface area contributed by atoms with Crippen molar-refractivity contribution in [2.45, 2.75) is 19.4 Å². The van der Waals surface area contributed by atoms with E-state index in [4.69, 9.17) is 17.3 Å². The van der Waals surface area contributed by atoms with Gasteiger partial charge in [-0.05, 0) is 42.7 Å². The van der Waals surface area contributed by atoms with Crippen LogP contribution >= 0.6 is 11.6 Å². The van der Waals surface area contributed by atoms with E-state index >= 15 is 0 Å². The van der Waals surface area contributed by atoms with E-state index in [0.717, 1.165) is 16.7 Å². The Morgan fingerprint density at radius 2 is 1.94 bits per heavy atom. The van der Waals surface area contributed by atoms with Gasteiger partial charge >= 0.3 is 0 Å². The van der Waals surface area contributed by atoms with Crippen molar-refractivity contribution in [2.24, 2.45) is 5.73 Å². The number of nitrogens with two attached hydrogens (primary N) is 1. The first-order valence-electron chi connectivity index (χ1n) is 5.47. The lowest BCUT2D eigenvalue weighted by molar-refractivity contribution is 0.599. The van der Waals surface area contributed by atoms with Crippen LogP contribution in [-0.2, 0) is 5.54 Å². The van der Waals surface area contributed by atoms with Gasteiger partial charge in [-0.15, -0.1) is 0 Å². The predicted octanol–water partition coefficient (Wildman–Crippen LogP) is 3.27. The Labute approximate surface area is 106 Å². The summed E-state index contributed by atoms with van der Waals surface area (Å²) in [4.78, 5) is 4.19. The summed E-state index contributed by atoms with van der Waals surface area (Å²) in [6, 6.07) is 9.67. The third kappa shape index (κ3) is 2.48. The zero-order chi connectivity index (χ0) is 12.5. The molecule has 0 bridgehead atoms. The van der Waals surface area contributed by atoms with Gasteiger partial charge in [-0.2, -0.15) is 0 Å². The fraction of sp³-hybridized carbons (Fsp3) is 0.214. The minimum atomic E-state index is -0.579. The number of aromatic nitrogens is 1. The molecule has 1 unspecified atom stereocenters. The van der Waals surface area contributed by atoms with Crippen molar-refractivity contribution < 1.29 is 0 Å². The molecule has 2 rings (SSSR count). The van der Waals surface area contributed by atoms with Crippen molar-refractivity contribution in [3.8, 4) is 0 Å². The Kier molecular flexibility index (Phi) is 3.18. The fourth-order valence-electron chi connectivity index (χ4n) is 1.82. The second-order valence-electron chi connectivity index (χ2n) is 4.46. The molecular weight excluding hydrogens is 232 g/mol. The average molecular weight is 247 g/mol. The number of rotatable bonds is 2. The predicted molar refractivity (Wildman–Crippen MR) is 71.1 cm³/mol. The number of benzene rings is 1. The molecule has 17 heavy (non-hydrogen) atoms. The summed E-state index contributed by atoms with van der Waals surface area (Å²) in [5.74, 6) is 0. The second kappa shape index (κ2) is 4.47. The fourth-order valence-corrected chi connectivity index (χ4v) is 2.01. The Balaban J connectivity index is 2.49. The van der Waals surface area contributed by atoms with Crippen LogP contribution in [-0.4, -0.2) is 4.98 Å². The number of hydrogen-bond donors (Lipinski definition) is 1. The standard InChI is InChI=1S/C14H15ClN2/c1-10-6-12(9-17-8-10)14(2,16)11-4-3-5-13(15)7-11/h3-9H,16H2,1-2H3. The highest BCUT2D eigenvalue weighted by molar-refractivity contribution is 6.30. The summed E-state index contributed by atoms with van der Waals surface area (Å²) in [7, 11) is 0. The van der Waals surface area contributed by atoms with Gasteiger partial charge in [0.2, 0.25) is 0 Å². The molecule has 0 amide bonds. The quantitative estimate of drug-likeness (QED) is 0.883. The molecule has 0 aliphatic rings. The van der Waals surface area contributed by atoms with Gasteiger partial charge in [0.25, 0.3) is 0 Å². The lowest BCUT2D eigenvalue weighted by Gasteiger charge is -2.26. The Bertz CT molecular complexity index is 488. The van der Waals surface area contributed by atoms with Crippen molar-refractivity contribution in [1.29, 1.82) is 0 Å². The molecule has 1 aromatic heterocycles. The van der Waals surface area contributed by atoms with E-state index in [0.29, 0.717) is 5.02 Å². The molecule has 0 fully saturated rings. The van der Waals surface area contributed by atoms with Gasteiger partial charge < -0.3 is 5.73 Å². The second-order valence-corrected chi connectivity index (χ2v) is 4.90. The largest absolute Gasteiger partial charge is 0.318 e. The lowest BCUT2D eigenvalue weighted by atomic mass is 9.86. The maximum atomic E-state index is 6.40. The van der Waals surface area contributed by atoms with Gasteiger partial charge in [0.15, 0.2) is 0 Å². The summed E-state index contributed by atoms with van der Waals surface area (Å²) in [6.07, 6.45) is 3.62. The van der Waals surface area contributed by atoms with Crippen LogP contribution in [0.3, 0.4) is 0 Å². The molecule has 1 aromatic carbocycles. The van der Waals surface area contributed by atoms with Crippen LogP contribution in [0.15, 0.2) is 42.7 Å². The topological polar surface area (TPSA) is 38.9 Å². The summed E-state index contributed by atoms with van der Waals surface area (Å²) in [5.41, 5.74) is 8.89. The van der Waals surface area contributed by atoms with Crippen LogP contribution in [0.4, 0.5) is 0 Å². The number of pyridine rings is 1. The summed E-state index contributed by atoms with van der Waals surface area (Å²) >= 11 is 6.00. The molecule has 2 N–H and O–H groups in total. The molecule has 0 aliphatic heterocycles. The zero-order valence-corrected chi connectivity index (χ0v) is 10.7. The number of hydrogen-bond acceptors (Lipinski definition) is 2. The van der Waals surface area contributed by atoms with Crippen molar-refractivity contribution >= 4 is 11.6 Å². The van der Waals surface area contributed by atoms with E-state index in [2.05, 4.69) is 4.98 Å². The molecule has 0 saturated heterocycles. The van der Waals surface area contributed by atoms with Gasteiger partial charge in [-0.1, -0.05) is 29.8 Å². The molecule has 2 nitrogen and oxygen atoms in total. The van der Waals surface area contributed by atoms with E-state index in [-0.39, 0.29) is 0 Å². The molecule has 1 heterocycles. The van der Waals surface area contributed by atoms with E-state index in [1.165, 1.54) is 0 Å². The molecule has 1 atom stereocenters. The number of halogens is 1. The highest BCUT2D eigenvalue weighted by atomic mass is 35.5. The maximum Gasteiger partial charge on any atom is 0.0652 e. The molecule has 0 spiro atoms.